The minimum atomic E-state index is 0.345. The van der Waals surface area contributed by atoms with Crippen molar-refractivity contribution >= 4 is 21.6 Å². The van der Waals surface area contributed by atoms with Crippen LogP contribution in [0, 0.1) is 11.3 Å². The average molecular weight is 321 g/mol. The minimum absolute atomic E-state index is 0.345. The molecule has 2 unspecified atom stereocenters. The van der Waals surface area contributed by atoms with Crippen LogP contribution >= 0.6 is 15.9 Å². The molecule has 0 aromatic heterocycles. The molecule has 3 rings (SSSR count). The van der Waals surface area contributed by atoms with Gasteiger partial charge in [0.05, 0.1) is 30.0 Å². The molecule has 1 saturated heterocycles. The van der Waals surface area contributed by atoms with Crippen molar-refractivity contribution in [2.45, 2.75) is 37.8 Å². The Balaban J connectivity index is 1.94. The molecule has 100 valence electrons. The smallest absolute Gasteiger partial charge is 0.101 e. The summed E-state index contributed by atoms with van der Waals surface area (Å²) in [5.41, 5.74) is 1.81. The Kier molecular flexibility index (Phi) is 3.76. The number of nitrogens with zero attached hydrogens (tertiary/aromatic N) is 2. The van der Waals surface area contributed by atoms with Crippen LogP contribution in [-0.4, -0.2) is 25.3 Å². The summed E-state index contributed by atoms with van der Waals surface area (Å²) in [6, 6.07) is 8.74. The molecule has 1 saturated carbocycles. The number of hydrogen-bond acceptors (Lipinski definition) is 3. The molecule has 0 N–H and O–H groups in total. The van der Waals surface area contributed by atoms with Crippen LogP contribution in [0.15, 0.2) is 22.7 Å². The second-order valence-corrected chi connectivity index (χ2v) is 6.14. The molecule has 0 radical (unpaired) electrons. The topological polar surface area (TPSA) is 36.3 Å². The van der Waals surface area contributed by atoms with Crippen molar-refractivity contribution in [3.63, 3.8) is 0 Å². The molecule has 2 fully saturated rings. The molecule has 1 heterocycles. The molecule has 0 bridgehead atoms. The van der Waals surface area contributed by atoms with Crippen molar-refractivity contribution in [1.29, 1.82) is 5.26 Å². The van der Waals surface area contributed by atoms with E-state index >= 15 is 0 Å². The number of rotatable bonds is 1. The molecular formula is C15H17BrN2O. The lowest BCUT2D eigenvalue weighted by atomic mass is 9.89. The Morgan fingerprint density at radius 1 is 1.32 bits per heavy atom. The predicted molar refractivity (Wildman–Crippen MR) is 78.2 cm³/mol. The van der Waals surface area contributed by atoms with Crippen LogP contribution in [0.3, 0.4) is 0 Å². The highest BCUT2D eigenvalue weighted by Crippen LogP contribution is 2.34. The lowest BCUT2D eigenvalue weighted by Gasteiger charge is -2.45. The Morgan fingerprint density at radius 3 is 3.00 bits per heavy atom. The van der Waals surface area contributed by atoms with E-state index in [0.29, 0.717) is 12.1 Å². The van der Waals surface area contributed by atoms with Gasteiger partial charge in [-0.05, 0) is 31.0 Å². The van der Waals surface area contributed by atoms with Gasteiger partial charge in [0.2, 0.25) is 0 Å². The van der Waals surface area contributed by atoms with Crippen LogP contribution in [0.2, 0.25) is 0 Å². The molecule has 3 nitrogen and oxygen atoms in total. The Bertz CT molecular complexity index is 509. The SMILES string of the molecule is N#Cc1cc(Br)ccc1N1CCOC2CCCCC21. The number of hydrogen-bond donors (Lipinski definition) is 0. The zero-order valence-corrected chi connectivity index (χ0v) is 12.4. The van der Waals surface area contributed by atoms with Gasteiger partial charge in [-0.1, -0.05) is 28.8 Å². The lowest BCUT2D eigenvalue weighted by Crippen LogP contribution is -2.53. The van der Waals surface area contributed by atoms with E-state index < -0.39 is 0 Å². The van der Waals surface area contributed by atoms with E-state index in [-0.39, 0.29) is 0 Å². The Labute approximate surface area is 122 Å². The standard InChI is InChI=1S/C15H17BrN2O/c16-12-5-6-13(11(9-12)10-17)18-7-8-19-15-4-2-1-3-14(15)18/h5-6,9,14-15H,1-4,7-8H2. The molecule has 0 spiro atoms. The molecule has 2 aliphatic rings. The Morgan fingerprint density at radius 2 is 2.16 bits per heavy atom. The van der Waals surface area contributed by atoms with E-state index in [1.54, 1.807) is 0 Å². The first-order valence-electron chi connectivity index (χ1n) is 6.87. The van der Waals surface area contributed by atoms with Gasteiger partial charge in [0, 0.05) is 11.0 Å². The van der Waals surface area contributed by atoms with Crippen molar-refractivity contribution in [1.82, 2.24) is 0 Å². The van der Waals surface area contributed by atoms with E-state index in [1.807, 2.05) is 12.1 Å². The predicted octanol–water partition coefficient (Wildman–Crippen LogP) is 3.47. The third-order valence-electron chi connectivity index (χ3n) is 4.12. The molecule has 2 atom stereocenters. The first-order valence-corrected chi connectivity index (χ1v) is 7.67. The molecular weight excluding hydrogens is 304 g/mol. The quantitative estimate of drug-likeness (QED) is 0.795. The number of benzene rings is 1. The highest BCUT2D eigenvalue weighted by molar-refractivity contribution is 9.10. The van der Waals surface area contributed by atoms with E-state index in [4.69, 9.17) is 4.74 Å². The fourth-order valence-corrected chi connectivity index (χ4v) is 3.60. The van der Waals surface area contributed by atoms with Gasteiger partial charge < -0.3 is 9.64 Å². The zero-order valence-electron chi connectivity index (χ0n) is 10.8. The van der Waals surface area contributed by atoms with Gasteiger partial charge in [-0.25, -0.2) is 0 Å². The number of ether oxygens (including phenoxy) is 1. The maximum absolute atomic E-state index is 9.34. The van der Waals surface area contributed by atoms with Gasteiger partial charge in [-0.15, -0.1) is 0 Å². The fraction of sp³-hybridized carbons (Fsp3) is 0.533. The normalized spacial score (nSPS) is 26.6. The highest BCUT2D eigenvalue weighted by atomic mass is 79.9. The number of nitriles is 1. The summed E-state index contributed by atoms with van der Waals surface area (Å²) >= 11 is 3.44. The molecule has 0 amide bonds. The highest BCUT2D eigenvalue weighted by Gasteiger charge is 2.35. The summed E-state index contributed by atoms with van der Waals surface area (Å²) in [4.78, 5) is 2.39. The van der Waals surface area contributed by atoms with Crippen molar-refractivity contribution in [2.75, 3.05) is 18.1 Å². The van der Waals surface area contributed by atoms with Crippen LogP contribution in [0.25, 0.3) is 0 Å². The van der Waals surface area contributed by atoms with Gasteiger partial charge >= 0.3 is 0 Å². The van der Waals surface area contributed by atoms with E-state index in [9.17, 15) is 5.26 Å². The maximum Gasteiger partial charge on any atom is 0.101 e. The van der Waals surface area contributed by atoms with Gasteiger partial charge in [0.15, 0.2) is 0 Å². The lowest BCUT2D eigenvalue weighted by molar-refractivity contribution is -0.00869. The van der Waals surface area contributed by atoms with Crippen LogP contribution in [0.1, 0.15) is 31.2 Å². The number of anilines is 1. The van der Waals surface area contributed by atoms with E-state index in [2.05, 4.69) is 33.0 Å². The third-order valence-corrected chi connectivity index (χ3v) is 4.61. The van der Waals surface area contributed by atoms with Gasteiger partial charge in [0.25, 0.3) is 0 Å². The second-order valence-electron chi connectivity index (χ2n) is 5.23. The van der Waals surface area contributed by atoms with Crippen LogP contribution in [0.5, 0.6) is 0 Å². The molecule has 4 heteroatoms. The van der Waals surface area contributed by atoms with E-state index in [0.717, 1.165) is 35.3 Å². The summed E-state index contributed by atoms with van der Waals surface area (Å²) in [7, 11) is 0. The fourth-order valence-electron chi connectivity index (χ4n) is 3.24. The molecule has 19 heavy (non-hydrogen) atoms. The van der Waals surface area contributed by atoms with Crippen LogP contribution in [0.4, 0.5) is 5.69 Å². The Hall–Kier alpha value is -1.05. The summed E-state index contributed by atoms with van der Waals surface area (Å²) < 4.78 is 6.86. The van der Waals surface area contributed by atoms with Gasteiger partial charge in [-0.3, -0.25) is 0 Å². The third kappa shape index (κ3) is 2.50. The summed E-state index contributed by atoms with van der Waals surface area (Å²) in [5.74, 6) is 0. The van der Waals surface area contributed by atoms with Crippen LogP contribution in [-0.2, 0) is 4.74 Å². The maximum atomic E-state index is 9.34. The van der Waals surface area contributed by atoms with Gasteiger partial charge in [0.1, 0.15) is 6.07 Å². The molecule has 1 aliphatic heterocycles. The number of morpholine rings is 1. The zero-order chi connectivity index (χ0) is 13.2. The largest absolute Gasteiger partial charge is 0.374 e. The number of fused-ring (bicyclic) bond motifs is 1. The average Bonchev–Trinajstić information content (AvgIpc) is 2.46. The summed E-state index contributed by atoms with van der Waals surface area (Å²) in [6.45, 7) is 1.65. The van der Waals surface area contributed by atoms with Crippen molar-refractivity contribution in [3.8, 4) is 6.07 Å². The van der Waals surface area contributed by atoms with Crippen molar-refractivity contribution in [2.24, 2.45) is 0 Å². The first kappa shape index (κ1) is 13.0. The monoisotopic (exact) mass is 320 g/mol. The summed E-state index contributed by atoms with van der Waals surface area (Å²) in [6.07, 6.45) is 5.20. The molecule has 1 aromatic rings. The molecule has 1 aromatic carbocycles. The number of halogens is 1. The van der Waals surface area contributed by atoms with Gasteiger partial charge in [-0.2, -0.15) is 5.26 Å². The summed E-state index contributed by atoms with van der Waals surface area (Å²) in [5, 5.41) is 9.34. The van der Waals surface area contributed by atoms with E-state index in [1.165, 1.54) is 19.3 Å². The molecule has 1 aliphatic carbocycles. The second kappa shape index (κ2) is 5.52. The van der Waals surface area contributed by atoms with Crippen molar-refractivity contribution in [3.05, 3.63) is 28.2 Å². The minimum Gasteiger partial charge on any atom is -0.374 e. The van der Waals surface area contributed by atoms with Crippen LogP contribution < -0.4 is 4.90 Å². The first-order chi connectivity index (χ1) is 9.29. The van der Waals surface area contributed by atoms with Crippen molar-refractivity contribution < 1.29 is 4.74 Å².